The van der Waals surface area contributed by atoms with Crippen LogP contribution in [0.4, 0.5) is 0 Å². The molecule has 0 bridgehead atoms. The number of aromatic amines is 1. The average molecular weight is 285 g/mol. The molecule has 0 spiro atoms. The topological polar surface area (TPSA) is 59.9 Å². The van der Waals surface area contributed by atoms with E-state index < -0.39 is 0 Å². The van der Waals surface area contributed by atoms with Gasteiger partial charge in [-0.25, -0.2) is 9.89 Å². The summed E-state index contributed by atoms with van der Waals surface area (Å²) in [5, 5.41) is 7.50. The Kier molecular flexibility index (Phi) is 5.97. The minimum atomic E-state index is -0.109. The molecule has 1 aliphatic rings. The van der Waals surface area contributed by atoms with Gasteiger partial charge in [0.2, 0.25) is 0 Å². The predicted molar refractivity (Wildman–Crippen MR) is 76.6 cm³/mol. The molecule has 5 nitrogen and oxygen atoms in total. The third-order valence-corrected chi connectivity index (χ3v) is 4.83. The SMILES string of the molecule is COCCCn1c(SCC2CCCCC2)n[nH]c1=O. The van der Waals surface area contributed by atoms with Crippen molar-refractivity contribution in [3.8, 4) is 0 Å². The molecule has 108 valence electrons. The van der Waals surface area contributed by atoms with Crippen LogP contribution < -0.4 is 5.69 Å². The fourth-order valence-corrected chi connectivity index (χ4v) is 3.68. The van der Waals surface area contributed by atoms with E-state index in [1.165, 1.54) is 32.1 Å². The molecule has 0 aromatic carbocycles. The average Bonchev–Trinajstić information content (AvgIpc) is 2.79. The van der Waals surface area contributed by atoms with Crippen molar-refractivity contribution >= 4 is 11.8 Å². The second-order valence-electron chi connectivity index (χ2n) is 5.12. The van der Waals surface area contributed by atoms with Gasteiger partial charge in [-0.1, -0.05) is 31.0 Å². The van der Waals surface area contributed by atoms with Gasteiger partial charge in [-0.3, -0.25) is 4.57 Å². The Morgan fingerprint density at radius 3 is 2.95 bits per heavy atom. The van der Waals surface area contributed by atoms with E-state index in [4.69, 9.17) is 4.74 Å². The van der Waals surface area contributed by atoms with Gasteiger partial charge >= 0.3 is 5.69 Å². The summed E-state index contributed by atoms with van der Waals surface area (Å²) >= 11 is 1.71. The number of rotatable bonds is 7. The lowest BCUT2D eigenvalue weighted by atomic mass is 9.91. The van der Waals surface area contributed by atoms with E-state index in [-0.39, 0.29) is 5.69 Å². The van der Waals surface area contributed by atoms with Gasteiger partial charge in [-0.2, -0.15) is 0 Å². The quantitative estimate of drug-likeness (QED) is 0.617. The highest BCUT2D eigenvalue weighted by molar-refractivity contribution is 7.99. The molecule has 1 N–H and O–H groups in total. The number of ether oxygens (including phenoxy) is 1. The molecule has 0 atom stereocenters. The van der Waals surface area contributed by atoms with Crippen molar-refractivity contribution < 1.29 is 4.74 Å². The molecule has 2 rings (SSSR count). The zero-order valence-corrected chi connectivity index (χ0v) is 12.4. The highest BCUT2D eigenvalue weighted by atomic mass is 32.2. The minimum Gasteiger partial charge on any atom is -0.385 e. The molecule has 1 aromatic heterocycles. The summed E-state index contributed by atoms with van der Waals surface area (Å²) in [7, 11) is 1.68. The molecule has 0 unspecified atom stereocenters. The van der Waals surface area contributed by atoms with E-state index in [2.05, 4.69) is 10.2 Å². The molecule has 1 fully saturated rings. The van der Waals surface area contributed by atoms with Crippen LogP contribution in [0.3, 0.4) is 0 Å². The van der Waals surface area contributed by atoms with Crippen molar-refractivity contribution in [2.45, 2.75) is 50.2 Å². The van der Waals surface area contributed by atoms with Crippen molar-refractivity contribution in [2.75, 3.05) is 19.5 Å². The van der Waals surface area contributed by atoms with Crippen molar-refractivity contribution in [2.24, 2.45) is 5.92 Å². The lowest BCUT2D eigenvalue weighted by Gasteiger charge is -2.20. The summed E-state index contributed by atoms with van der Waals surface area (Å²) in [5.41, 5.74) is -0.109. The maximum absolute atomic E-state index is 11.7. The molecular formula is C13H23N3O2S. The molecule has 0 aliphatic heterocycles. The lowest BCUT2D eigenvalue weighted by Crippen LogP contribution is -2.19. The number of hydrogen-bond acceptors (Lipinski definition) is 4. The molecule has 6 heteroatoms. The fourth-order valence-electron chi connectivity index (χ4n) is 2.52. The van der Waals surface area contributed by atoms with Crippen molar-refractivity contribution in [1.82, 2.24) is 14.8 Å². The van der Waals surface area contributed by atoms with Crippen molar-refractivity contribution in [3.05, 3.63) is 10.5 Å². The van der Waals surface area contributed by atoms with Gasteiger partial charge in [-0.15, -0.1) is 5.10 Å². The number of nitrogens with one attached hydrogen (secondary N) is 1. The van der Waals surface area contributed by atoms with Crippen LogP contribution in [0, 0.1) is 5.92 Å². The number of aromatic nitrogens is 3. The van der Waals surface area contributed by atoms with E-state index in [1.807, 2.05) is 0 Å². The van der Waals surface area contributed by atoms with E-state index in [0.717, 1.165) is 23.2 Å². The molecule has 0 amide bonds. The van der Waals surface area contributed by atoms with Crippen molar-refractivity contribution in [1.29, 1.82) is 0 Å². The first-order valence-corrected chi connectivity index (χ1v) is 8.06. The highest BCUT2D eigenvalue weighted by Crippen LogP contribution is 2.28. The van der Waals surface area contributed by atoms with E-state index >= 15 is 0 Å². The standard InChI is InChI=1S/C13H23N3O2S/c1-18-9-5-8-16-12(17)14-15-13(16)19-10-11-6-3-2-4-7-11/h11H,2-10H2,1H3,(H,14,17). The number of hydrogen-bond donors (Lipinski definition) is 1. The first-order valence-electron chi connectivity index (χ1n) is 7.08. The van der Waals surface area contributed by atoms with Crippen LogP contribution in [-0.4, -0.2) is 34.2 Å². The van der Waals surface area contributed by atoms with Crippen LogP contribution in [-0.2, 0) is 11.3 Å². The predicted octanol–water partition coefficient (Wildman–Crippen LogP) is 2.28. The molecule has 1 aliphatic carbocycles. The summed E-state index contributed by atoms with van der Waals surface area (Å²) < 4.78 is 6.75. The Morgan fingerprint density at radius 2 is 2.21 bits per heavy atom. The monoisotopic (exact) mass is 285 g/mol. The Balaban J connectivity index is 1.86. The molecule has 19 heavy (non-hydrogen) atoms. The van der Waals surface area contributed by atoms with Crippen LogP contribution in [0.2, 0.25) is 0 Å². The minimum absolute atomic E-state index is 0.109. The molecule has 1 aromatic rings. The first-order chi connectivity index (χ1) is 9.31. The summed E-state index contributed by atoms with van der Waals surface area (Å²) in [4.78, 5) is 11.7. The van der Waals surface area contributed by atoms with E-state index in [0.29, 0.717) is 13.2 Å². The van der Waals surface area contributed by atoms with Crippen LogP contribution in [0.15, 0.2) is 9.95 Å². The molecule has 1 heterocycles. The maximum atomic E-state index is 11.7. The van der Waals surface area contributed by atoms with Crippen LogP contribution in [0.1, 0.15) is 38.5 Å². The second kappa shape index (κ2) is 7.75. The van der Waals surface area contributed by atoms with Crippen LogP contribution in [0.5, 0.6) is 0 Å². The smallest absolute Gasteiger partial charge is 0.343 e. The summed E-state index contributed by atoms with van der Waals surface area (Å²) in [6.07, 6.45) is 7.58. The zero-order chi connectivity index (χ0) is 13.5. The molecule has 0 radical (unpaired) electrons. The van der Waals surface area contributed by atoms with Crippen LogP contribution in [0.25, 0.3) is 0 Å². The molecule has 1 saturated carbocycles. The van der Waals surface area contributed by atoms with Gasteiger partial charge in [0.05, 0.1) is 0 Å². The number of methoxy groups -OCH3 is 1. The number of H-pyrrole nitrogens is 1. The number of thioether (sulfide) groups is 1. The van der Waals surface area contributed by atoms with Gasteiger partial charge in [-0.05, 0) is 25.2 Å². The molecular weight excluding hydrogens is 262 g/mol. The Bertz CT molecular complexity index is 424. The largest absolute Gasteiger partial charge is 0.385 e. The van der Waals surface area contributed by atoms with Crippen LogP contribution >= 0.6 is 11.8 Å². The first kappa shape index (κ1) is 14.7. The maximum Gasteiger partial charge on any atom is 0.343 e. The van der Waals surface area contributed by atoms with Gasteiger partial charge in [0.15, 0.2) is 5.16 Å². The zero-order valence-electron chi connectivity index (χ0n) is 11.6. The van der Waals surface area contributed by atoms with E-state index in [9.17, 15) is 4.79 Å². The van der Waals surface area contributed by atoms with Gasteiger partial charge in [0.25, 0.3) is 0 Å². The van der Waals surface area contributed by atoms with Gasteiger partial charge < -0.3 is 4.74 Å². The third-order valence-electron chi connectivity index (χ3n) is 3.63. The van der Waals surface area contributed by atoms with E-state index in [1.54, 1.807) is 23.4 Å². The van der Waals surface area contributed by atoms with Gasteiger partial charge in [0.1, 0.15) is 0 Å². The summed E-state index contributed by atoms with van der Waals surface area (Å²) in [6.45, 7) is 1.35. The lowest BCUT2D eigenvalue weighted by molar-refractivity contribution is 0.189. The third kappa shape index (κ3) is 4.38. The fraction of sp³-hybridized carbons (Fsp3) is 0.846. The normalized spacial score (nSPS) is 16.9. The van der Waals surface area contributed by atoms with Crippen molar-refractivity contribution in [3.63, 3.8) is 0 Å². The highest BCUT2D eigenvalue weighted by Gasteiger charge is 2.16. The summed E-state index contributed by atoms with van der Waals surface area (Å²) in [6, 6.07) is 0. The Hall–Kier alpha value is -0.750. The second-order valence-corrected chi connectivity index (χ2v) is 6.11. The Morgan fingerprint density at radius 1 is 1.42 bits per heavy atom. The Labute approximate surface area is 118 Å². The van der Waals surface area contributed by atoms with Gasteiger partial charge in [0, 0.05) is 26.0 Å². The molecule has 0 saturated heterocycles. The summed E-state index contributed by atoms with van der Waals surface area (Å²) in [5.74, 6) is 1.87. The number of nitrogens with zero attached hydrogens (tertiary/aromatic N) is 2.